The van der Waals surface area contributed by atoms with E-state index in [1.165, 1.54) is 0 Å². The zero-order valence-electron chi connectivity index (χ0n) is 9.76. The lowest BCUT2D eigenvalue weighted by Crippen LogP contribution is -1.93. The molecule has 0 radical (unpaired) electrons. The van der Waals surface area contributed by atoms with Crippen molar-refractivity contribution in [3.05, 3.63) is 59.2 Å². The molecule has 0 unspecified atom stereocenters. The van der Waals surface area contributed by atoms with Crippen LogP contribution in [-0.2, 0) is 0 Å². The van der Waals surface area contributed by atoms with Crippen molar-refractivity contribution in [2.24, 2.45) is 0 Å². The van der Waals surface area contributed by atoms with E-state index in [-0.39, 0.29) is 41.9 Å². The first-order chi connectivity index (χ1) is 9.75. The Morgan fingerprint density at radius 3 is 1.86 bits per heavy atom. The van der Waals surface area contributed by atoms with Gasteiger partial charge in [-0.1, -0.05) is 58.0 Å². The summed E-state index contributed by atoms with van der Waals surface area (Å²) >= 11 is 29.7. The van der Waals surface area contributed by atoms with Crippen molar-refractivity contribution < 1.29 is 9.31 Å². The van der Waals surface area contributed by atoms with Crippen LogP contribution in [0.25, 0.3) is 11.1 Å². The van der Waals surface area contributed by atoms with Crippen LogP contribution in [0.5, 0.6) is 0 Å². The molecule has 2 rings (SSSR count). The Morgan fingerprint density at radius 2 is 1.38 bits per heavy atom. The van der Waals surface area contributed by atoms with Crippen LogP contribution in [0.2, 0.25) is 25.1 Å². The predicted octanol–water partition coefficient (Wildman–Crippen LogP) is 6.67. The fraction of sp³-hybridized carbons (Fsp3) is 0. The summed E-state index contributed by atoms with van der Waals surface area (Å²) in [5, 5.41) is 10.2. The highest BCUT2D eigenvalue weighted by atomic mass is 35.5. The van der Waals surface area contributed by atoms with Gasteiger partial charge in [0, 0.05) is 23.3 Å². The van der Waals surface area contributed by atoms with Crippen molar-refractivity contribution >= 4 is 63.7 Å². The largest absolute Gasteiger partial charge is 0.270 e. The molecule has 2 aromatic carbocycles. The molecule has 2 aromatic rings. The molecule has 9 heteroatoms. The first-order valence-corrected chi connectivity index (χ1v) is 7.10. The average Bonchev–Trinajstić information content (AvgIpc) is 2.45. The summed E-state index contributed by atoms with van der Waals surface area (Å²) < 4.78 is 14.0. The second kappa shape index (κ2) is 6.15. The number of nitrogens with zero attached hydrogens (tertiary/aromatic N) is 1. The zero-order valence-corrected chi connectivity index (χ0v) is 13.5. The highest BCUT2D eigenvalue weighted by Crippen LogP contribution is 2.49. The van der Waals surface area contributed by atoms with Crippen molar-refractivity contribution in [1.29, 1.82) is 0 Å². The SMILES string of the molecule is O=[N+]([O-])c1ccc(F)c(-c2c(Cl)c(Cl)c(Cl)c(Cl)c2Cl)c1. The third-order valence-corrected chi connectivity index (χ3v) is 4.92. The van der Waals surface area contributed by atoms with Crippen LogP contribution < -0.4 is 0 Å². The van der Waals surface area contributed by atoms with Crippen molar-refractivity contribution in [1.82, 2.24) is 0 Å². The molecular weight excluding hydrogens is 386 g/mol. The molecule has 0 aromatic heterocycles. The maximum Gasteiger partial charge on any atom is 0.270 e. The van der Waals surface area contributed by atoms with Gasteiger partial charge in [-0.25, -0.2) is 4.39 Å². The number of hydrogen-bond acceptors (Lipinski definition) is 2. The molecular formula is C12H3Cl5FNO2. The van der Waals surface area contributed by atoms with E-state index < -0.39 is 10.7 Å². The van der Waals surface area contributed by atoms with E-state index in [4.69, 9.17) is 58.0 Å². The highest BCUT2D eigenvalue weighted by molar-refractivity contribution is 6.56. The molecule has 0 aliphatic heterocycles. The Morgan fingerprint density at radius 1 is 0.905 bits per heavy atom. The van der Waals surface area contributed by atoms with E-state index in [1.54, 1.807) is 0 Å². The Kier molecular flexibility index (Phi) is 4.85. The number of halogens is 6. The van der Waals surface area contributed by atoms with Crippen LogP contribution >= 0.6 is 58.0 Å². The third kappa shape index (κ3) is 2.91. The summed E-state index contributed by atoms with van der Waals surface area (Å²) in [6.07, 6.45) is 0. The highest BCUT2D eigenvalue weighted by Gasteiger charge is 2.23. The lowest BCUT2D eigenvalue weighted by molar-refractivity contribution is -0.384. The molecule has 0 N–H and O–H groups in total. The molecule has 3 nitrogen and oxygen atoms in total. The monoisotopic (exact) mass is 387 g/mol. The van der Waals surface area contributed by atoms with Gasteiger partial charge in [0.15, 0.2) is 0 Å². The molecule has 0 heterocycles. The van der Waals surface area contributed by atoms with Gasteiger partial charge < -0.3 is 0 Å². The van der Waals surface area contributed by atoms with Crippen molar-refractivity contribution in [2.45, 2.75) is 0 Å². The summed E-state index contributed by atoms with van der Waals surface area (Å²) in [5.41, 5.74) is -0.584. The van der Waals surface area contributed by atoms with E-state index in [2.05, 4.69) is 0 Å². The van der Waals surface area contributed by atoms with Crippen molar-refractivity contribution in [3.8, 4) is 11.1 Å². The lowest BCUT2D eigenvalue weighted by atomic mass is 10.0. The molecule has 0 bridgehead atoms. The van der Waals surface area contributed by atoms with Crippen LogP contribution in [0.4, 0.5) is 10.1 Å². The molecule has 110 valence electrons. The van der Waals surface area contributed by atoms with E-state index >= 15 is 0 Å². The molecule has 0 aliphatic rings. The number of non-ortho nitro benzene ring substituents is 1. The Balaban J connectivity index is 2.85. The van der Waals surface area contributed by atoms with Crippen molar-refractivity contribution in [3.63, 3.8) is 0 Å². The number of rotatable bonds is 2. The zero-order chi connectivity index (χ0) is 15.9. The van der Waals surface area contributed by atoms with Gasteiger partial charge >= 0.3 is 0 Å². The van der Waals surface area contributed by atoms with Gasteiger partial charge in [-0.3, -0.25) is 10.1 Å². The van der Waals surface area contributed by atoms with E-state index in [0.29, 0.717) is 0 Å². The topological polar surface area (TPSA) is 43.1 Å². The van der Waals surface area contributed by atoms with Crippen LogP contribution in [0.1, 0.15) is 0 Å². The van der Waals surface area contributed by atoms with Gasteiger partial charge in [0.05, 0.1) is 30.0 Å². The maximum absolute atomic E-state index is 14.0. The molecule has 0 atom stereocenters. The number of benzene rings is 2. The smallest absolute Gasteiger partial charge is 0.258 e. The standard InChI is InChI=1S/C12H3Cl5FNO2/c13-8-7(9(14)11(16)12(17)10(8)15)5-3-4(19(20)21)1-2-6(5)18/h1-3H. The molecule has 0 saturated heterocycles. The predicted molar refractivity (Wildman–Crippen MR) is 83.5 cm³/mol. The minimum Gasteiger partial charge on any atom is -0.258 e. The second-order valence-corrected chi connectivity index (χ2v) is 5.76. The summed E-state index contributed by atoms with van der Waals surface area (Å²) in [6.45, 7) is 0. The summed E-state index contributed by atoms with van der Waals surface area (Å²) in [6, 6.07) is 2.93. The van der Waals surface area contributed by atoms with Gasteiger partial charge in [0.25, 0.3) is 5.69 Å². The van der Waals surface area contributed by atoms with Crippen LogP contribution in [0.3, 0.4) is 0 Å². The van der Waals surface area contributed by atoms with E-state index in [9.17, 15) is 14.5 Å². The third-order valence-electron chi connectivity index (χ3n) is 2.64. The van der Waals surface area contributed by atoms with Gasteiger partial charge in [-0.2, -0.15) is 0 Å². The molecule has 0 fully saturated rings. The van der Waals surface area contributed by atoms with Crippen LogP contribution in [0.15, 0.2) is 18.2 Å². The second-order valence-electron chi connectivity index (χ2n) is 3.87. The molecule has 0 aliphatic carbocycles. The van der Waals surface area contributed by atoms with Gasteiger partial charge in [-0.15, -0.1) is 0 Å². The number of hydrogen-bond donors (Lipinski definition) is 0. The van der Waals surface area contributed by atoms with Crippen LogP contribution in [-0.4, -0.2) is 4.92 Å². The van der Waals surface area contributed by atoms with Crippen LogP contribution in [0, 0.1) is 15.9 Å². The van der Waals surface area contributed by atoms with Gasteiger partial charge in [0.2, 0.25) is 0 Å². The van der Waals surface area contributed by atoms with Gasteiger partial charge in [0.1, 0.15) is 5.82 Å². The molecule has 0 amide bonds. The minimum absolute atomic E-state index is 0.0565. The van der Waals surface area contributed by atoms with E-state index in [1.807, 2.05) is 0 Å². The summed E-state index contributed by atoms with van der Waals surface area (Å²) in [7, 11) is 0. The summed E-state index contributed by atoms with van der Waals surface area (Å²) in [4.78, 5) is 10.1. The maximum atomic E-state index is 14.0. The quantitative estimate of drug-likeness (QED) is 0.249. The molecule has 0 saturated carbocycles. The lowest BCUT2D eigenvalue weighted by Gasteiger charge is -2.13. The fourth-order valence-electron chi connectivity index (χ4n) is 1.66. The summed E-state index contributed by atoms with van der Waals surface area (Å²) in [5.74, 6) is -0.765. The van der Waals surface area contributed by atoms with Crippen molar-refractivity contribution in [2.75, 3.05) is 0 Å². The normalized spacial score (nSPS) is 10.8. The number of nitro benzene ring substituents is 1. The molecule has 0 spiro atoms. The first kappa shape index (κ1) is 16.6. The Hall–Kier alpha value is -0.780. The molecule has 21 heavy (non-hydrogen) atoms. The van der Waals surface area contributed by atoms with E-state index in [0.717, 1.165) is 18.2 Å². The van der Waals surface area contributed by atoms with Gasteiger partial charge in [-0.05, 0) is 6.07 Å². The fourth-order valence-corrected chi connectivity index (χ4v) is 3.00. The Labute approximate surface area is 143 Å². The Bertz CT molecular complexity index is 737. The number of nitro groups is 1. The minimum atomic E-state index is -0.765. The average molecular weight is 389 g/mol. The first-order valence-electron chi connectivity index (χ1n) is 5.21.